The summed E-state index contributed by atoms with van der Waals surface area (Å²) in [6.07, 6.45) is 11.5. The largest absolute Gasteiger partial charge is 0.520 e. The van der Waals surface area contributed by atoms with E-state index in [1.165, 1.54) is 38.5 Å². The van der Waals surface area contributed by atoms with Crippen LogP contribution in [0.5, 0.6) is 0 Å². The molecule has 5 aliphatic rings. The second-order valence-corrected chi connectivity index (χ2v) is 8.17. The summed E-state index contributed by atoms with van der Waals surface area (Å²) in [5.74, 6) is 2.50. The fraction of sp³-hybridized carbons (Fsp3) is 0.882. The Labute approximate surface area is 163 Å². The molecule has 5 fully saturated rings. The Balaban J connectivity index is 0.00000156. The summed E-state index contributed by atoms with van der Waals surface area (Å²) in [4.78, 5) is 24.9. The first kappa shape index (κ1) is 17.7. The molecule has 1 radical (unpaired) electrons. The SMILES string of the molecule is O=[C-]N1CCCC(NC(=O)NC23CC4CC(CC(C4)C2)C3)C1.[Y]. The van der Waals surface area contributed by atoms with Gasteiger partial charge in [0.2, 0.25) is 0 Å². The van der Waals surface area contributed by atoms with Crippen molar-refractivity contribution in [2.75, 3.05) is 13.1 Å². The van der Waals surface area contributed by atoms with Crippen LogP contribution in [0, 0.1) is 17.8 Å². The van der Waals surface area contributed by atoms with Crippen molar-refractivity contribution in [1.82, 2.24) is 15.5 Å². The zero-order valence-corrected chi connectivity index (χ0v) is 16.6. The first-order chi connectivity index (χ1) is 10.6. The van der Waals surface area contributed by atoms with E-state index in [9.17, 15) is 9.59 Å². The van der Waals surface area contributed by atoms with Crippen LogP contribution in [0.2, 0.25) is 0 Å². The topological polar surface area (TPSA) is 61.4 Å². The molecule has 4 saturated carbocycles. The molecular formula is C17H26N3O2Y-. The molecule has 5 nitrogen and oxygen atoms in total. The first-order valence-electron chi connectivity index (χ1n) is 8.85. The third-order valence-electron chi connectivity index (χ3n) is 6.30. The molecule has 0 aromatic carbocycles. The van der Waals surface area contributed by atoms with Crippen molar-refractivity contribution >= 4 is 12.4 Å². The van der Waals surface area contributed by atoms with E-state index >= 15 is 0 Å². The Morgan fingerprint density at radius 3 is 2.26 bits per heavy atom. The van der Waals surface area contributed by atoms with E-state index in [0.29, 0.717) is 6.54 Å². The molecule has 4 aliphatic carbocycles. The zero-order chi connectivity index (χ0) is 15.2. The molecule has 0 spiro atoms. The Hall–Kier alpha value is -0.156. The predicted molar refractivity (Wildman–Crippen MR) is 82.9 cm³/mol. The number of nitrogens with zero attached hydrogens (tertiary/aromatic N) is 1. The van der Waals surface area contributed by atoms with Crippen LogP contribution in [0.25, 0.3) is 0 Å². The van der Waals surface area contributed by atoms with Gasteiger partial charge in [-0.05, 0) is 75.7 Å². The van der Waals surface area contributed by atoms with E-state index in [-0.39, 0.29) is 50.3 Å². The van der Waals surface area contributed by atoms with Gasteiger partial charge < -0.3 is 20.3 Å². The number of carbonyl (C=O) groups excluding carboxylic acids is 2. The van der Waals surface area contributed by atoms with Crippen molar-refractivity contribution in [3.63, 3.8) is 0 Å². The minimum absolute atomic E-state index is 0. The van der Waals surface area contributed by atoms with Gasteiger partial charge in [0, 0.05) is 50.8 Å². The molecule has 1 heterocycles. The predicted octanol–water partition coefficient (Wildman–Crippen LogP) is 1.78. The molecule has 5 rings (SSSR count). The molecule has 1 aliphatic heterocycles. The molecule has 6 heteroatoms. The van der Waals surface area contributed by atoms with Crippen molar-refractivity contribution in [2.24, 2.45) is 17.8 Å². The quantitative estimate of drug-likeness (QED) is 0.719. The number of nitrogens with one attached hydrogen (secondary N) is 2. The number of urea groups is 1. The summed E-state index contributed by atoms with van der Waals surface area (Å²) in [7, 11) is 0. The maximum Gasteiger partial charge on any atom is 0.315 e. The molecule has 0 aromatic rings. The van der Waals surface area contributed by atoms with Gasteiger partial charge in [0.05, 0.1) is 0 Å². The zero-order valence-electron chi connectivity index (χ0n) is 13.7. The Morgan fingerprint density at radius 2 is 1.70 bits per heavy atom. The standard InChI is InChI=1S/C17H26N3O2.Y/c21-11-20-3-1-2-15(10-20)18-16(22)19-17-7-12-4-13(8-17)6-14(5-12)9-17;/h12-15H,1-10H2,(H2,18,19,22);/q-1;. The van der Waals surface area contributed by atoms with Crippen molar-refractivity contribution in [3.05, 3.63) is 0 Å². The van der Waals surface area contributed by atoms with Gasteiger partial charge in [-0.1, -0.05) is 0 Å². The van der Waals surface area contributed by atoms with Crippen LogP contribution < -0.4 is 10.6 Å². The molecule has 125 valence electrons. The summed E-state index contributed by atoms with van der Waals surface area (Å²) < 4.78 is 0. The molecule has 3 amide bonds. The fourth-order valence-corrected chi connectivity index (χ4v) is 5.90. The minimum Gasteiger partial charge on any atom is -0.520 e. The van der Waals surface area contributed by atoms with Crippen molar-refractivity contribution in [1.29, 1.82) is 0 Å². The third-order valence-corrected chi connectivity index (χ3v) is 6.30. The number of rotatable bonds is 3. The summed E-state index contributed by atoms with van der Waals surface area (Å²) in [6.45, 7) is 1.36. The average Bonchev–Trinajstić information content (AvgIpc) is 2.45. The number of amides is 3. The molecule has 1 unspecified atom stereocenters. The molecule has 23 heavy (non-hydrogen) atoms. The van der Waals surface area contributed by atoms with Gasteiger partial charge in [-0.25, -0.2) is 4.79 Å². The molecule has 1 atom stereocenters. The van der Waals surface area contributed by atoms with Gasteiger partial charge >= 0.3 is 6.03 Å². The van der Waals surface area contributed by atoms with Crippen LogP contribution in [0.4, 0.5) is 4.79 Å². The van der Waals surface area contributed by atoms with Gasteiger partial charge in [-0.3, -0.25) is 0 Å². The monoisotopic (exact) mass is 393 g/mol. The number of likely N-dealkylation sites (tertiary alicyclic amines) is 1. The average molecular weight is 393 g/mol. The summed E-state index contributed by atoms with van der Waals surface area (Å²) in [6, 6.07) is 0.0452. The van der Waals surface area contributed by atoms with Crippen LogP contribution in [-0.4, -0.2) is 42.0 Å². The smallest absolute Gasteiger partial charge is 0.315 e. The third kappa shape index (κ3) is 3.76. The molecular weight excluding hydrogens is 367 g/mol. The second kappa shape index (κ2) is 6.99. The number of carbonyl (C=O) groups is 1. The molecule has 0 aromatic heterocycles. The number of piperidine rings is 1. The van der Waals surface area contributed by atoms with Crippen molar-refractivity contribution < 1.29 is 42.3 Å². The maximum absolute atomic E-state index is 12.5. The van der Waals surface area contributed by atoms with Crippen molar-refractivity contribution in [2.45, 2.75) is 62.9 Å². The summed E-state index contributed by atoms with van der Waals surface area (Å²) in [5.41, 5.74) is 0.0595. The summed E-state index contributed by atoms with van der Waals surface area (Å²) >= 11 is 0. The van der Waals surface area contributed by atoms with E-state index in [0.717, 1.165) is 37.1 Å². The van der Waals surface area contributed by atoms with E-state index in [1.807, 2.05) is 6.41 Å². The maximum atomic E-state index is 12.5. The second-order valence-electron chi connectivity index (χ2n) is 8.17. The van der Waals surface area contributed by atoms with Gasteiger partial charge in [-0.15, -0.1) is 0 Å². The molecule has 2 N–H and O–H groups in total. The van der Waals surface area contributed by atoms with Crippen LogP contribution >= 0.6 is 0 Å². The van der Waals surface area contributed by atoms with Gasteiger partial charge in [-0.2, -0.15) is 6.41 Å². The van der Waals surface area contributed by atoms with Crippen LogP contribution in [0.15, 0.2) is 0 Å². The van der Waals surface area contributed by atoms with E-state index in [1.54, 1.807) is 4.90 Å². The first-order valence-corrected chi connectivity index (χ1v) is 8.85. The molecule has 1 saturated heterocycles. The van der Waals surface area contributed by atoms with Crippen molar-refractivity contribution in [3.8, 4) is 0 Å². The Bertz CT molecular complexity index is 435. The van der Waals surface area contributed by atoms with E-state index in [4.69, 9.17) is 0 Å². The Kier molecular flexibility index (Phi) is 5.37. The normalized spacial score (nSPS) is 41.1. The van der Waals surface area contributed by atoms with Crippen LogP contribution in [0.1, 0.15) is 51.4 Å². The van der Waals surface area contributed by atoms with Gasteiger partial charge in [0.1, 0.15) is 0 Å². The van der Waals surface area contributed by atoms with E-state index < -0.39 is 0 Å². The number of hydrogen-bond acceptors (Lipinski definition) is 2. The fourth-order valence-electron chi connectivity index (χ4n) is 5.90. The summed E-state index contributed by atoms with van der Waals surface area (Å²) in [5, 5.41) is 6.43. The number of hydrogen-bond donors (Lipinski definition) is 2. The van der Waals surface area contributed by atoms with Gasteiger partial charge in [0.15, 0.2) is 0 Å². The van der Waals surface area contributed by atoms with E-state index in [2.05, 4.69) is 10.6 Å². The Morgan fingerprint density at radius 1 is 1.09 bits per heavy atom. The molecule has 4 bridgehead atoms. The van der Waals surface area contributed by atoms with Crippen LogP contribution in [0.3, 0.4) is 0 Å². The minimum atomic E-state index is -0.0281. The van der Waals surface area contributed by atoms with Crippen LogP contribution in [-0.2, 0) is 37.5 Å². The van der Waals surface area contributed by atoms with Gasteiger partial charge in [0.25, 0.3) is 0 Å².